The Balaban J connectivity index is 2.15. The molecule has 0 atom stereocenters. The average molecular weight is 412 g/mol. The first-order valence-electron chi connectivity index (χ1n) is 8.28. The third-order valence-electron chi connectivity index (χ3n) is 4.55. The van der Waals surface area contributed by atoms with Crippen molar-refractivity contribution < 1.29 is 13.6 Å². The molecule has 27 heavy (non-hydrogen) atoms. The van der Waals surface area contributed by atoms with Gasteiger partial charge in [0.15, 0.2) is 0 Å². The first kappa shape index (κ1) is 19.6. The summed E-state index contributed by atoms with van der Waals surface area (Å²) < 4.78 is 27.7. The number of hydrogen-bond acceptors (Lipinski definition) is 2. The Morgan fingerprint density at radius 2 is 2.04 bits per heavy atom. The van der Waals surface area contributed by atoms with Gasteiger partial charge in [0.25, 0.3) is 12.3 Å². The van der Waals surface area contributed by atoms with Gasteiger partial charge in [0, 0.05) is 29.7 Å². The maximum absolute atomic E-state index is 13.2. The fourth-order valence-electron chi connectivity index (χ4n) is 3.42. The number of alkyl halides is 2. The number of allylic oxidation sites excluding steroid dienone is 1. The molecular weight excluding hydrogens is 395 g/mol. The fourth-order valence-corrected chi connectivity index (χ4v) is 3.93. The van der Waals surface area contributed by atoms with Gasteiger partial charge in [-0.1, -0.05) is 42.3 Å². The van der Waals surface area contributed by atoms with Crippen molar-refractivity contribution in [2.24, 2.45) is 7.05 Å². The van der Waals surface area contributed by atoms with Crippen molar-refractivity contribution in [2.75, 3.05) is 5.32 Å². The number of carbonyl (C=O) groups excluding carboxylic acids is 1. The second-order valence-electron chi connectivity index (χ2n) is 6.18. The van der Waals surface area contributed by atoms with Crippen molar-refractivity contribution in [3.63, 3.8) is 0 Å². The van der Waals surface area contributed by atoms with Gasteiger partial charge < -0.3 is 5.32 Å². The highest BCUT2D eigenvalue weighted by Gasteiger charge is 2.25. The molecule has 0 saturated carbocycles. The van der Waals surface area contributed by atoms with Crippen molar-refractivity contribution in [1.82, 2.24) is 9.78 Å². The zero-order valence-corrected chi connectivity index (χ0v) is 16.4. The van der Waals surface area contributed by atoms with E-state index in [0.717, 1.165) is 27.2 Å². The fraction of sp³-hybridized carbons (Fsp3) is 0.263. The summed E-state index contributed by atoms with van der Waals surface area (Å²) in [6.45, 7) is 3.87. The van der Waals surface area contributed by atoms with E-state index < -0.39 is 18.0 Å². The predicted molar refractivity (Wildman–Crippen MR) is 103 cm³/mol. The molecule has 2 aromatic rings. The van der Waals surface area contributed by atoms with Gasteiger partial charge >= 0.3 is 0 Å². The highest BCUT2D eigenvalue weighted by atomic mass is 35.5. The Morgan fingerprint density at radius 3 is 2.63 bits per heavy atom. The number of hydrogen-bond donors (Lipinski definition) is 1. The number of halogens is 4. The molecule has 0 saturated heterocycles. The van der Waals surface area contributed by atoms with Crippen LogP contribution in [-0.2, 0) is 7.05 Å². The molecule has 0 unspecified atom stereocenters. The Kier molecular flexibility index (Phi) is 5.40. The van der Waals surface area contributed by atoms with Crippen LogP contribution in [0.15, 0.2) is 34.5 Å². The molecule has 1 heterocycles. The van der Waals surface area contributed by atoms with Crippen LogP contribution in [0.25, 0.3) is 11.1 Å². The number of benzene rings is 1. The van der Waals surface area contributed by atoms with Crippen LogP contribution >= 0.6 is 23.2 Å². The molecule has 1 aromatic heterocycles. The molecule has 0 radical (unpaired) electrons. The molecule has 8 heteroatoms. The number of anilines is 1. The maximum atomic E-state index is 13.2. The topological polar surface area (TPSA) is 46.9 Å². The minimum atomic E-state index is -2.84. The number of fused-ring (bicyclic) bond motifs is 1. The number of nitrogens with zero attached hydrogens (tertiary/aromatic N) is 2. The second kappa shape index (κ2) is 7.44. The number of nitrogens with one attached hydrogen (secondary N) is 1. The zero-order chi connectivity index (χ0) is 19.9. The van der Waals surface area contributed by atoms with Gasteiger partial charge in [-0.25, -0.2) is 8.78 Å². The van der Waals surface area contributed by atoms with Crippen LogP contribution in [0.1, 0.15) is 42.7 Å². The predicted octanol–water partition coefficient (Wildman–Crippen LogP) is 4.04. The highest BCUT2D eigenvalue weighted by Crippen LogP contribution is 2.32. The van der Waals surface area contributed by atoms with Crippen LogP contribution in [0.5, 0.6) is 0 Å². The van der Waals surface area contributed by atoms with E-state index >= 15 is 0 Å². The number of carbonyl (C=O) groups is 1. The summed E-state index contributed by atoms with van der Waals surface area (Å²) in [5, 5.41) is 8.13. The van der Waals surface area contributed by atoms with Crippen molar-refractivity contribution in [2.45, 2.75) is 26.7 Å². The summed E-state index contributed by atoms with van der Waals surface area (Å²) in [6.07, 6.45) is -0.917. The lowest BCUT2D eigenvalue weighted by Gasteiger charge is -2.09. The smallest absolute Gasteiger partial charge is 0.282 e. The van der Waals surface area contributed by atoms with Gasteiger partial charge in [-0.3, -0.25) is 9.48 Å². The average Bonchev–Trinajstić information content (AvgIpc) is 3.14. The summed E-state index contributed by atoms with van der Waals surface area (Å²) in [7, 11) is 1.49. The summed E-state index contributed by atoms with van der Waals surface area (Å²) in [5.74, 6) is -0.644. The van der Waals surface area contributed by atoms with Crippen molar-refractivity contribution in [1.29, 1.82) is 0 Å². The van der Waals surface area contributed by atoms with E-state index in [9.17, 15) is 13.6 Å². The van der Waals surface area contributed by atoms with Gasteiger partial charge in [-0.05, 0) is 35.8 Å². The standard InChI is InChI=1S/C19H17Cl2F2N3O/c1-4-10-14(17(20)21)9(2)11-6-5-7-13(15(10)11)24-19(27)12-8-26(3)25-16(12)18(22)23/h5-8,18H,4H2,1-3H3,(H,24,27). The molecule has 3 rings (SSSR count). The van der Waals surface area contributed by atoms with Crippen LogP contribution < -0.4 is 15.8 Å². The van der Waals surface area contributed by atoms with Crippen molar-refractivity contribution >= 4 is 45.9 Å². The summed E-state index contributed by atoms with van der Waals surface area (Å²) in [5.41, 5.74) is 2.36. The van der Waals surface area contributed by atoms with Crippen molar-refractivity contribution in [3.05, 3.63) is 56.2 Å². The van der Waals surface area contributed by atoms with Gasteiger partial charge in [0.05, 0.1) is 5.56 Å². The second-order valence-corrected chi connectivity index (χ2v) is 7.13. The Labute approximate surface area is 164 Å². The van der Waals surface area contributed by atoms with Crippen LogP contribution in [0.3, 0.4) is 0 Å². The molecule has 142 valence electrons. The molecule has 0 aliphatic heterocycles. The summed E-state index contributed by atoms with van der Waals surface area (Å²) in [4.78, 5) is 12.7. The number of aromatic nitrogens is 2. The molecule has 1 aliphatic carbocycles. The molecule has 0 bridgehead atoms. The monoisotopic (exact) mass is 411 g/mol. The van der Waals surface area contributed by atoms with E-state index in [1.807, 2.05) is 19.9 Å². The SMILES string of the molecule is CCC1=c2c(NC(=O)c3cn(C)nc3C(F)F)cccc2=C(C)C1=C(Cl)Cl. The lowest BCUT2D eigenvalue weighted by Crippen LogP contribution is -2.29. The number of rotatable bonds is 4. The summed E-state index contributed by atoms with van der Waals surface area (Å²) >= 11 is 12.2. The van der Waals surface area contributed by atoms with Crippen LogP contribution in [0.2, 0.25) is 0 Å². The van der Waals surface area contributed by atoms with E-state index in [-0.39, 0.29) is 10.1 Å². The number of amides is 1. The van der Waals surface area contributed by atoms with Crippen LogP contribution in [0.4, 0.5) is 14.5 Å². The van der Waals surface area contributed by atoms with E-state index in [4.69, 9.17) is 23.2 Å². The molecular formula is C19H17Cl2F2N3O. The Morgan fingerprint density at radius 1 is 1.33 bits per heavy atom. The van der Waals surface area contributed by atoms with Gasteiger partial charge in [-0.2, -0.15) is 5.10 Å². The van der Waals surface area contributed by atoms with E-state index in [0.29, 0.717) is 12.1 Å². The summed E-state index contributed by atoms with van der Waals surface area (Å²) in [6, 6.07) is 5.42. The molecule has 1 N–H and O–H groups in total. The third kappa shape index (κ3) is 3.39. The van der Waals surface area contributed by atoms with Crippen LogP contribution in [-0.4, -0.2) is 15.7 Å². The quantitative estimate of drug-likeness (QED) is 0.824. The van der Waals surface area contributed by atoms with E-state index in [2.05, 4.69) is 10.4 Å². The van der Waals surface area contributed by atoms with Gasteiger partial charge in [0.2, 0.25) is 0 Å². The largest absolute Gasteiger partial charge is 0.321 e. The molecule has 1 amide bonds. The van der Waals surface area contributed by atoms with Gasteiger partial charge in [0.1, 0.15) is 10.2 Å². The minimum absolute atomic E-state index is 0.157. The zero-order valence-electron chi connectivity index (χ0n) is 14.9. The Bertz CT molecular complexity index is 1080. The molecule has 0 spiro atoms. The molecule has 0 fully saturated rings. The van der Waals surface area contributed by atoms with Crippen molar-refractivity contribution in [3.8, 4) is 0 Å². The first-order valence-corrected chi connectivity index (χ1v) is 9.04. The highest BCUT2D eigenvalue weighted by molar-refractivity contribution is 6.57. The minimum Gasteiger partial charge on any atom is -0.321 e. The van der Waals surface area contributed by atoms with Crippen LogP contribution in [0, 0.1) is 0 Å². The molecule has 4 nitrogen and oxygen atoms in total. The molecule has 1 aliphatic rings. The lowest BCUT2D eigenvalue weighted by atomic mass is 10.0. The third-order valence-corrected chi connectivity index (χ3v) is 4.92. The Hall–Kier alpha value is -2.18. The van der Waals surface area contributed by atoms with Gasteiger partial charge in [-0.15, -0.1) is 0 Å². The normalized spacial score (nSPS) is 13.4. The lowest BCUT2D eigenvalue weighted by molar-refractivity contribution is 0.101. The van der Waals surface area contributed by atoms with E-state index in [1.165, 1.54) is 17.9 Å². The molecule has 1 aromatic carbocycles. The maximum Gasteiger partial charge on any atom is 0.282 e. The first-order chi connectivity index (χ1) is 12.8. The number of aryl methyl sites for hydroxylation is 1. The van der Waals surface area contributed by atoms with E-state index in [1.54, 1.807) is 12.1 Å².